The molecule has 0 aliphatic heterocycles. The highest BCUT2D eigenvalue weighted by Crippen LogP contribution is 2.27. The Hall–Kier alpha value is -3.47. The van der Waals surface area contributed by atoms with Crippen LogP contribution in [0.1, 0.15) is 13.3 Å². The van der Waals surface area contributed by atoms with Gasteiger partial charge in [-0.25, -0.2) is 9.97 Å². The fourth-order valence-electron chi connectivity index (χ4n) is 3.31. The molecule has 0 saturated carbocycles. The predicted octanol–water partition coefficient (Wildman–Crippen LogP) is 4.99. The minimum atomic E-state index is 0.588. The van der Waals surface area contributed by atoms with Gasteiger partial charge in [-0.2, -0.15) is 0 Å². The molecule has 4 rings (SSSR count). The fourth-order valence-corrected chi connectivity index (χ4v) is 3.31. The molecule has 4 aromatic rings. The van der Waals surface area contributed by atoms with Crippen molar-refractivity contribution in [1.29, 1.82) is 0 Å². The van der Waals surface area contributed by atoms with E-state index in [2.05, 4.69) is 22.9 Å². The van der Waals surface area contributed by atoms with E-state index >= 15 is 0 Å². The molecule has 0 bridgehead atoms. The molecule has 0 aliphatic rings. The number of hydrogen-bond acceptors (Lipinski definition) is 5. The molecule has 0 unspecified atom stereocenters. The summed E-state index contributed by atoms with van der Waals surface area (Å²) in [5, 5.41) is 1.05. The predicted molar refractivity (Wildman–Crippen MR) is 117 cm³/mol. The Morgan fingerprint density at radius 3 is 2.48 bits per heavy atom. The third-order valence-corrected chi connectivity index (χ3v) is 4.67. The third kappa shape index (κ3) is 4.51. The van der Waals surface area contributed by atoms with Gasteiger partial charge in [-0.3, -0.25) is 4.98 Å². The highest BCUT2D eigenvalue weighted by molar-refractivity contribution is 5.91. The third-order valence-electron chi connectivity index (χ3n) is 4.67. The lowest BCUT2D eigenvalue weighted by Gasteiger charge is -2.25. The molecule has 146 valence electrons. The Kier molecular flexibility index (Phi) is 5.95. The van der Waals surface area contributed by atoms with E-state index in [1.165, 1.54) is 0 Å². The van der Waals surface area contributed by atoms with Crippen molar-refractivity contribution >= 4 is 16.7 Å². The Labute approximate surface area is 171 Å². The molecule has 29 heavy (non-hydrogen) atoms. The van der Waals surface area contributed by atoms with E-state index < -0.39 is 0 Å². The number of benzene rings is 2. The van der Waals surface area contributed by atoms with E-state index in [0.717, 1.165) is 47.5 Å². The van der Waals surface area contributed by atoms with E-state index in [9.17, 15) is 0 Å². The molecule has 2 aromatic carbocycles. The first-order valence-electron chi connectivity index (χ1n) is 9.95. The van der Waals surface area contributed by atoms with Crippen LogP contribution >= 0.6 is 0 Å². The normalized spacial score (nSPS) is 10.8. The standard InChI is InChI=1S/C24H24N4O/c1-2-15-28(16-17-29-20-10-4-3-5-11-20)24-21-12-6-7-13-22(21)26-23(27-24)19-9-8-14-25-18-19/h3-14,18H,2,15-17H2,1H3. The van der Waals surface area contributed by atoms with Crippen LogP contribution in [0.2, 0.25) is 0 Å². The number of fused-ring (bicyclic) bond motifs is 1. The molecule has 5 heteroatoms. The molecule has 0 spiro atoms. The van der Waals surface area contributed by atoms with Gasteiger partial charge in [-0.1, -0.05) is 37.3 Å². The molecule has 2 aromatic heterocycles. The number of ether oxygens (including phenoxy) is 1. The summed E-state index contributed by atoms with van der Waals surface area (Å²) >= 11 is 0. The van der Waals surface area contributed by atoms with Gasteiger partial charge in [0.2, 0.25) is 0 Å². The van der Waals surface area contributed by atoms with Gasteiger partial charge in [-0.15, -0.1) is 0 Å². The first kappa shape index (κ1) is 18.9. The van der Waals surface area contributed by atoms with Crippen molar-refractivity contribution < 1.29 is 4.74 Å². The molecule has 5 nitrogen and oxygen atoms in total. The fraction of sp³-hybridized carbons (Fsp3) is 0.208. The van der Waals surface area contributed by atoms with E-state index in [4.69, 9.17) is 14.7 Å². The van der Waals surface area contributed by atoms with Crippen LogP contribution in [0.4, 0.5) is 5.82 Å². The Balaban J connectivity index is 1.66. The summed E-state index contributed by atoms with van der Waals surface area (Å²) in [6, 6.07) is 22.0. The number of aromatic nitrogens is 3. The first-order valence-corrected chi connectivity index (χ1v) is 9.95. The van der Waals surface area contributed by atoms with Crippen molar-refractivity contribution in [3.63, 3.8) is 0 Å². The molecule has 0 N–H and O–H groups in total. The van der Waals surface area contributed by atoms with Crippen molar-refractivity contribution in [2.75, 3.05) is 24.6 Å². The van der Waals surface area contributed by atoms with E-state index in [0.29, 0.717) is 12.4 Å². The second kappa shape index (κ2) is 9.15. The number of nitrogens with zero attached hydrogens (tertiary/aromatic N) is 4. The van der Waals surface area contributed by atoms with Crippen LogP contribution in [-0.4, -0.2) is 34.6 Å². The lowest BCUT2D eigenvalue weighted by atomic mass is 10.2. The van der Waals surface area contributed by atoms with Crippen molar-refractivity contribution in [3.8, 4) is 17.1 Å². The molecule has 0 aliphatic carbocycles. The highest BCUT2D eigenvalue weighted by Gasteiger charge is 2.15. The SMILES string of the molecule is CCCN(CCOc1ccccc1)c1nc(-c2cccnc2)nc2ccccc12. The summed E-state index contributed by atoms with van der Waals surface area (Å²) in [5.41, 5.74) is 1.85. The largest absolute Gasteiger partial charge is 0.492 e. The van der Waals surface area contributed by atoms with Crippen LogP contribution in [0.15, 0.2) is 79.1 Å². The van der Waals surface area contributed by atoms with Gasteiger partial charge in [0.1, 0.15) is 18.2 Å². The van der Waals surface area contributed by atoms with Gasteiger partial charge in [0, 0.05) is 29.9 Å². The Bertz CT molecular complexity index is 1050. The summed E-state index contributed by atoms with van der Waals surface area (Å²) in [6.07, 6.45) is 4.58. The second-order valence-electron chi connectivity index (χ2n) is 6.78. The Morgan fingerprint density at radius 1 is 0.862 bits per heavy atom. The molecule has 2 heterocycles. The van der Waals surface area contributed by atoms with Gasteiger partial charge in [0.25, 0.3) is 0 Å². The zero-order valence-electron chi connectivity index (χ0n) is 16.5. The molecule has 0 radical (unpaired) electrons. The maximum Gasteiger partial charge on any atom is 0.163 e. The smallest absolute Gasteiger partial charge is 0.163 e. The number of rotatable bonds is 8. The average molecular weight is 384 g/mol. The van der Waals surface area contributed by atoms with Gasteiger partial charge in [0.15, 0.2) is 5.82 Å². The van der Waals surface area contributed by atoms with Crippen LogP contribution in [0.3, 0.4) is 0 Å². The quantitative estimate of drug-likeness (QED) is 0.428. The Morgan fingerprint density at radius 2 is 1.69 bits per heavy atom. The molecule has 0 fully saturated rings. The number of hydrogen-bond donors (Lipinski definition) is 0. The second-order valence-corrected chi connectivity index (χ2v) is 6.78. The minimum absolute atomic E-state index is 0.588. The number of para-hydroxylation sites is 2. The van der Waals surface area contributed by atoms with Crippen molar-refractivity contribution in [1.82, 2.24) is 15.0 Å². The molecular formula is C24H24N4O. The monoisotopic (exact) mass is 384 g/mol. The lowest BCUT2D eigenvalue weighted by molar-refractivity contribution is 0.323. The summed E-state index contributed by atoms with van der Waals surface area (Å²) in [7, 11) is 0. The van der Waals surface area contributed by atoms with Gasteiger partial charge >= 0.3 is 0 Å². The lowest BCUT2D eigenvalue weighted by Crippen LogP contribution is -2.30. The highest BCUT2D eigenvalue weighted by atomic mass is 16.5. The maximum atomic E-state index is 5.94. The van der Waals surface area contributed by atoms with E-state index in [-0.39, 0.29) is 0 Å². The van der Waals surface area contributed by atoms with Gasteiger partial charge in [0.05, 0.1) is 12.1 Å². The van der Waals surface area contributed by atoms with Gasteiger partial charge in [-0.05, 0) is 42.8 Å². The zero-order chi connectivity index (χ0) is 19.9. The summed E-state index contributed by atoms with van der Waals surface area (Å²) < 4.78 is 5.94. The topological polar surface area (TPSA) is 51.1 Å². The van der Waals surface area contributed by atoms with Crippen LogP contribution in [0.25, 0.3) is 22.3 Å². The maximum absolute atomic E-state index is 5.94. The molecule has 0 saturated heterocycles. The summed E-state index contributed by atoms with van der Waals surface area (Å²) in [6.45, 7) is 4.41. The molecule has 0 atom stereocenters. The molecular weight excluding hydrogens is 360 g/mol. The number of pyridine rings is 1. The van der Waals surface area contributed by atoms with Crippen molar-refractivity contribution in [3.05, 3.63) is 79.1 Å². The van der Waals surface area contributed by atoms with Crippen LogP contribution in [-0.2, 0) is 0 Å². The number of anilines is 1. The van der Waals surface area contributed by atoms with Crippen LogP contribution in [0, 0.1) is 0 Å². The van der Waals surface area contributed by atoms with Crippen molar-refractivity contribution in [2.24, 2.45) is 0 Å². The van der Waals surface area contributed by atoms with E-state index in [1.807, 2.05) is 60.7 Å². The zero-order valence-corrected chi connectivity index (χ0v) is 16.5. The summed E-state index contributed by atoms with van der Waals surface area (Å²) in [4.78, 5) is 16.2. The van der Waals surface area contributed by atoms with Gasteiger partial charge < -0.3 is 9.64 Å². The van der Waals surface area contributed by atoms with E-state index in [1.54, 1.807) is 12.4 Å². The van der Waals surface area contributed by atoms with Crippen LogP contribution in [0.5, 0.6) is 5.75 Å². The summed E-state index contributed by atoms with van der Waals surface area (Å²) in [5.74, 6) is 2.51. The average Bonchev–Trinajstić information content (AvgIpc) is 2.79. The first-order chi connectivity index (χ1) is 14.3. The molecule has 0 amide bonds. The van der Waals surface area contributed by atoms with Crippen molar-refractivity contribution in [2.45, 2.75) is 13.3 Å². The minimum Gasteiger partial charge on any atom is -0.492 e. The van der Waals surface area contributed by atoms with Crippen LogP contribution < -0.4 is 9.64 Å².